The van der Waals surface area contributed by atoms with E-state index in [2.05, 4.69) is 10.0 Å². The standard InChI is InChI=1S/C15H20N2O3S/c1-10(18)16-13-4-6-14(7-5-13)21(19,20)17-15-9-11-2-3-12(15)8-11/h4-7,11-12,15,17H,2-3,8-9H2,1H3,(H,16,18)/t11-,12-,15+/m1/s1. The van der Waals surface area contributed by atoms with E-state index >= 15 is 0 Å². The van der Waals surface area contributed by atoms with E-state index in [1.165, 1.54) is 25.5 Å². The topological polar surface area (TPSA) is 75.3 Å². The Kier molecular flexibility index (Phi) is 3.75. The van der Waals surface area contributed by atoms with Crippen molar-refractivity contribution in [2.45, 2.75) is 43.5 Å². The monoisotopic (exact) mass is 308 g/mol. The molecular weight excluding hydrogens is 288 g/mol. The first kappa shape index (κ1) is 14.5. The van der Waals surface area contributed by atoms with Gasteiger partial charge in [-0.25, -0.2) is 13.1 Å². The van der Waals surface area contributed by atoms with Crippen LogP contribution in [0.15, 0.2) is 29.2 Å². The number of amides is 1. The van der Waals surface area contributed by atoms with Crippen LogP contribution in [0.3, 0.4) is 0 Å². The Morgan fingerprint density at radius 1 is 1.14 bits per heavy atom. The normalized spacial score (nSPS) is 27.8. The third kappa shape index (κ3) is 3.11. The lowest BCUT2D eigenvalue weighted by Crippen LogP contribution is -2.38. The second-order valence-corrected chi connectivity index (χ2v) is 7.82. The van der Waals surface area contributed by atoms with Gasteiger partial charge >= 0.3 is 0 Å². The van der Waals surface area contributed by atoms with Crippen molar-refractivity contribution in [3.63, 3.8) is 0 Å². The van der Waals surface area contributed by atoms with Gasteiger partial charge in [-0.05, 0) is 55.4 Å². The lowest BCUT2D eigenvalue weighted by atomic mass is 9.96. The predicted molar refractivity (Wildman–Crippen MR) is 80.3 cm³/mol. The van der Waals surface area contributed by atoms with Crippen molar-refractivity contribution in [2.24, 2.45) is 11.8 Å². The second-order valence-electron chi connectivity index (χ2n) is 6.11. The third-order valence-corrected chi connectivity index (χ3v) is 6.04. The van der Waals surface area contributed by atoms with Gasteiger partial charge in [-0.15, -0.1) is 0 Å². The molecule has 2 saturated carbocycles. The average molecular weight is 308 g/mol. The molecule has 1 amide bonds. The summed E-state index contributed by atoms with van der Waals surface area (Å²) >= 11 is 0. The fraction of sp³-hybridized carbons (Fsp3) is 0.533. The Hall–Kier alpha value is -1.40. The van der Waals surface area contributed by atoms with Gasteiger partial charge in [-0.1, -0.05) is 6.42 Å². The molecule has 0 saturated heterocycles. The molecule has 3 rings (SSSR count). The van der Waals surface area contributed by atoms with Gasteiger partial charge in [0.2, 0.25) is 15.9 Å². The van der Waals surface area contributed by atoms with Gasteiger partial charge in [0, 0.05) is 18.7 Å². The number of sulfonamides is 1. The first-order chi connectivity index (χ1) is 9.94. The van der Waals surface area contributed by atoms with Gasteiger partial charge in [0.05, 0.1) is 4.90 Å². The molecule has 0 aliphatic heterocycles. The van der Waals surface area contributed by atoms with Crippen LogP contribution in [-0.2, 0) is 14.8 Å². The van der Waals surface area contributed by atoms with E-state index in [1.54, 1.807) is 12.1 Å². The molecule has 5 nitrogen and oxygen atoms in total. The lowest BCUT2D eigenvalue weighted by Gasteiger charge is -2.22. The molecule has 2 aliphatic carbocycles. The summed E-state index contributed by atoms with van der Waals surface area (Å²) in [6, 6.07) is 6.36. The van der Waals surface area contributed by atoms with Crippen LogP contribution >= 0.6 is 0 Å². The molecule has 21 heavy (non-hydrogen) atoms. The van der Waals surface area contributed by atoms with E-state index < -0.39 is 10.0 Å². The van der Waals surface area contributed by atoms with Gasteiger partial charge < -0.3 is 5.32 Å². The Labute approximate surface area is 125 Å². The average Bonchev–Trinajstić information content (AvgIpc) is 3.00. The maximum atomic E-state index is 12.4. The Bertz CT molecular complexity index is 639. The number of rotatable bonds is 4. The molecule has 2 bridgehead atoms. The largest absolute Gasteiger partial charge is 0.326 e. The first-order valence-corrected chi connectivity index (χ1v) is 8.82. The molecule has 2 fully saturated rings. The molecule has 2 N–H and O–H groups in total. The number of nitrogens with one attached hydrogen (secondary N) is 2. The number of fused-ring (bicyclic) bond motifs is 2. The van der Waals surface area contributed by atoms with E-state index in [0.717, 1.165) is 19.3 Å². The number of carbonyl (C=O) groups is 1. The van der Waals surface area contributed by atoms with Crippen molar-refractivity contribution in [3.8, 4) is 0 Å². The maximum absolute atomic E-state index is 12.4. The van der Waals surface area contributed by atoms with Crippen molar-refractivity contribution >= 4 is 21.6 Å². The van der Waals surface area contributed by atoms with Crippen molar-refractivity contribution < 1.29 is 13.2 Å². The van der Waals surface area contributed by atoms with E-state index in [4.69, 9.17) is 0 Å². The van der Waals surface area contributed by atoms with Crippen LogP contribution in [0.5, 0.6) is 0 Å². The number of carbonyl (C=O) groups excluding carboxylic acids is 1. The Morgan fingerprint density at radius 3 is 2.38 bits per heavy atom. The van der Waals surface area contributed by atoms with Gasteiger partial charge in [0.25, 0.3) is 0 Å². The number of hydrogen-bond acceptors (Lipinski definition) is 3. The van der Waals surface area contributed by atoms with E-state index in [1.807, 2.05) is 0 Å². The van der Waals surface area contributed by atoms with Crippen LogP contribution in [0.2, 0.25) is 0 Å². The molecule has 6 heteroatoms. The van der Waals surface area contributed by atoms with Crippen molar-refractivity contribution in [1.82, 2.24) is 4.72 Å². The predicted octanol–water partition coefficient (Wildman–Crippen LogP) is 2.11. The zero-order valence-corrected chi connectivity index (χ0v) is 12.8. The molecule has 114 valence electrons. The zero-order valence-electron chi connectivity index (χ0n) is 12.0. The molecule has 1 aromatic rings. The molecule has 3 atom stereocenters. The fourth-order valence-electron chi connectivity index (χ4n) is 3.58. The van der Waals surface area contributed by atoms with Gasteiger partial charge in [-0.2, -0.15) is 0 Å². The fourth-order valence-corrected chi connectivity index (χ4v) is 4.89. The number of hydrogen-bond donors (Lipinski definition) is 2. The smallest absolute Gasteiger partial charge is 0.240 e. The van der Waals surface area contributed by atoms with Crippen LogP contribution in [0.25, 0.3) is 0 Å². The van der Waals surface area contributed by atoms with E-state index in [0.29, 0.717) is 17.5 Å². The quantitative estimate of drug-likeness (QED) is 0.894. The summed E-state index contributed by atoms with van der Waals surface area (Å²) in [6.07, 6.45) is 4.51. The Balaban J connectivity index is 1.71. The minimum atomic E-state index is -3.47. The van der Waals surface area contributed by atoms with Gasteiger partial charge in [0.1, 0.15) is 0 Å². The van der Waals surface area contributed by atoms with Crippen molar-refractivity contribution in [1.29, 1.82) is 0 Å². The molecule has 0 unspecified atom stereocenters. The van der Waals surface area contributed by atoms with Crippen molar-refractivity contribution in [2.75, 3.05) is 5.32 Å². The molecule has 1 aromatic carbocycles. The van der Waals surface area contributed by atoms with E-state index in [9.17, 15) is 13.2 Å². The minimum absolute atomic E-state index is 0.0868. The van der Waals surface area contributed by atoms with Crippen LogP contribution in [0.4, 0.5) is 5.69 Å². The number of benzene rings is 1. The molecule has 0 aromatic heterocycles. The third-order valence-electron chi connectivity index (χ3n) is 4.53. The molecule has 0 heterocycles. The SMILES string of the molecule is CC(=O)Nc1ccc(S(=O)(=O)N[C@H]2C[C@@H]3CC[C@@H]2C3)cc1. The number of anilines is 1. The first-order valence-electron chi connectivity index (χ1n) is 7.34. The van der Waals surface area contributed by atoms with E-state index in [-0.39, 0.29) is 16.8 Å². The van der Waals surface area contributed by atoms with Crippen molar-refractivity contribution in [3.05, 3.63) is 24.3 Å². The molecule has 0 radical (unpaired) electrons. The minimum Gasteiger partial charge on any atom is -0.326 e. The lowest BCUT2D eigenvalue weighted by molar-refractivity contribution is -0.114. The highest BCUT2D eigenvalue weighted by Crippen LogP contribution is 2.44. The van der Waals surface area contributed by atoms with Crippen LogP contribution in [0.1, 0.15) is 32.6 Å². The summed E-state index contributed by atoms with van der Waals surface area (Å²) < 4.78 is 27.6. The Morgan fingerprint density at radius 2 is 1.86 bits per heavy atom. The summed E-state index contributed by atoms with van der Waals surface area (Å²) in [5.41, 5.74) is 0.598. The van der Waals surface area contributed by atoms with Crippen LogP contribution < -0.4 is 10.0 Å². The van der Waals surface area contributed by atoms with Crippen LogP contribution in [0, 0.1) is 11.8 Å². The maximum Gasteiger partial charge on any atom is 0.240 e. The summed E-state index contributed by atoms with van der Waals surface area (Å²) in [6.45, 7) is 1.42. The van der Waals surface area contributed by atoms with Crippen LogP contribution in [-0.4, -0.2) is 20.4 Å². The summed E-state index contributed by atoms with van der Waals surface area (Å²) in [5, 5.41) is 2.62. The second kappa shape index (κ2) is 5.42. The highest BCUT2D eigenvalue weighted by molar-refractivity contribution is 7.89. The summed E-state index contributed by atoms with van der Waals surface area (Å²) in [5.74, 6) is 1.03. The highest BCUT2D eigenvalue weighted by Gasteiger charge is 2.41. The molecule has 0 spiro atoms. The van der Waals surface area contributed by atoms with Gasteiger partial charge in [-0.3, -0.25) is 4.79 Å². The summed E-state index contributed by atoms with van der Waals surface area (Å²) in [4.78, 5) is 11.2. The molecule has 2 aliphatic rings. The molecular formula is C15H20N2O3S. The summed E-state index contributed by atoms with van der Waals surface area (Å²) in [7, 11) is -3.47. The van der Waals surface area contributed by atoms with Gasteiger partial charge in [0.15, 0.2) is 0 Å². The zero-order chi connectivity index (χ0) is 15.0. The highest BCUT2D eigenvalue weighted by atomic mass is 32.2.